The molecule has 0 radical (unpaired) electrons. The van der Waals surface area contributed by atoms with Crippen LogP contribution in [0.5, 0.6) is 0 Å². The summed E-state index contributed by atoms with van der Waals surface area (Å²) in [7, 11) is -2.60. The van der Waals surface area contributed by atoms with Crippen molar-refractivity contribution in [3.05, 3.63) is 10.6 Å². The lowest BCUT2D eigenvalue weighted by atomic mass is 10.2. The van der Waals surface area contributed by atoms with Crippen molar-refractivity contribution in [2.75, 3.05) is 6.61 Å². The van der Waals surface area contributed by atoms with Gasteiger partial charge >= 0.3 is 0 Å². The zero-order chi connectivity index (χ0) is 13.9. The fourth-order valence-corrected chi connectivity index (χ4v) is 5.88. The second-order valence-corrected chi connectivity index (χ2v) is 18.8. The maximum Gasteiger partial charge on any atom is 0.192 e. The lowest BCUT2D eigenvalue weighted by Crippen LogP contribution is -2.40. The predicted octanol–water partition coefficient (Wildman–Crippen LogP) is 5.63. The third-order valence-electron chi connectivity index (χ3n) is 3.25. The summed E-state index contributed by atoms with van der Waals surface area (Å²) in [6.45, 7) is 19.3. The molecule has 0 rings (SSSR count). The largest absolute Gasteiger partial charge is 0.413 e. The minimum Gasteiger partial charge on any atom is -0.413 e. The molecule has 17 heavy (non-hydrogen) atoms. The molecule has 0 N–H and O–H groups in total. The van der Waals surface area contributed by atoms with Gasteiger partial charge in [0.2, 0.25) is 0 Å². The molecule has 0 aliphatic rings. The molecule has 0 saturated carbocycles. The molecule has 0 amide bonds. The van der Waals surface area contributed by atoms with Crippen molar-refractivity contribution >= 4 is 32.3 Å². The molecule has 0 unspecified atom stereocenters. The summed E-state index contributed by atoms with van der Waals surface area (Å²) < 4.78 is 7.44. The molecular formula is C13H29BrOSi2. The average Bonchev–Trinajstić information content (AvgIpc) is 1.97. The smallest absolute Gasteiger partial charge is 0.192 e. The summed E-state index contributed by atoms with van der Waals surface area (Å²) in [5, 5.41) is 0.298. The Labute approximate surface area is 118 Å². The Balaban J connectivity index is 4.28. The zero-order valence-corrected chi connectivity index (χ0v) is 16.4. The molecule has 0 spiro atoms. The summed E-state index contributed by atoms with van der Waals surface area (Å²) >= 11 is 3.66. The van der Waals surface area contributed by atoms with Crippen LogP contribution in [0.1, 0.15) is 20.8 Å². The molecule has 0 heterocycles. The van der Waals surface area contributed by atoms with Crippen molar-refractivity contribution in [2.24, 2.45) is 0 Å². The molecule has 4 heteroatoms. The zero-order valence-electron chi connectivity index (χ0n) is 12.8. The topological polar surface area (TPSA) is 9.23 Å². The summed E-state index contributed by atoms with van der Waals surface area (Å²) in [5.41, 5.74) is 0. The van der Waals surface area contributed by atoms with Crippen LogP contribution in [0, 0.1) is 0 Å². The van der Waals surface area contributed by atoms with Crippen LogP contribution in [0.2, 0.25) is 43.8 Å². The minimum absolute atomic E-state index is 0.298. The molecule has 0 aliphatic heterocycles. The maximum absolute atomic E-state index is 6.13. The standard InChI is InChI=1S/C13H29BrOSi2/c1-13(2,3)17(7,8)15-10-9-12(14)11-16(4,5)6/h9H,10-11H2,1-8H3/b12-9-. The SMILES string of the molecule is CC(C)(C)[Si](C)(C)OC/C=C(\Br)C[Si](C)(C)C. The van der Waals surface area contributed by atoms with Crippen LogP contribution in [-0.2, 0) is 4.43 Å². The van der Waals surface area contributed by atoms with Crippen molar-refractivity contribution in [1.82, 2.24) is 0 Å². The quantitative estimate of drug-likeness (QED) is 0.591. The van der Waals surface area contributed by atoms with E-state index in [9.17, 15) is 0 Å². The first-order chi connectivity index (χ1) is 7.35. The van der Waals surface area contributed by atoms with E-state index >= 15 is 0 Å². The molecule has 0 aromatic heterocycles. The van der Waals surface area contributed by atoms with Gasteiger partial charge in [0.1, 0.15) is 0 Å². The van der Waals surface area contributed by atoms with Gasteiger partial charge in [-0.2, -0.15) is 0 Å². The summed E-state index contributed by atoms with van der Waals surface area (Å²) in [6, 6.07) is 1.20. The molecule has 102 valence electrons. The molecule has 0 aliphatic carbocycles. The monoisotopic (exact) mass is 336 g/mol. The Hall–Kier alpha value is 0.614. The van der Waals surface area contributed by atoms with Gasteiger partial charge in [-0.25, -0.2) is 0 Å². The van der Waals surface area contributed by atoms with Gasteiger partial charge in [0.05, 0.1) is 6.61 Å². The van der Waals surface area contributed by atoms with Gasteiger partial charge in [-0.3, -0.25) is 0 Å². The Morgan fingerprint density at radius 1 is 1.12 bits per heavy atom. The van der Waals surface area contributed by atoms with E-state index in [1.54, 1.807) is 0 Å². The van der Waals surface area contributed by atoms with E-state index in [-0.39, 0.29) is 0 Å². The van der Waals surface area contributed by atoms with Gasteiger partial charge in [-0.1, -0.05) is 62.4 Å². The molecule has 0 bridgehead atoms. The lowest BCUT2D eigenvalue weighted by molar-refractivity contribution is 0.327. The first-order valence-corrected chi connectivity index (χ1v) is 13.7. The molecule has 0 atom stereocenters. The fraction of sp³-hybridized carbons (Fsp3) is 0.846. The van der Waals surface area contributed by atoms with Crippen LogP contribution in [0.3, 0.4) is 0 Å². The summed E-state index contributed by atoms with van der Waals surface area (Å²) in [5.74, 6) is 0. The Morgan fingerprint density at radius 2 is 1.59 bits per heavy atom. The van der Waals surface area contributed by atoms with E-state index in [2.05, 4.69) is 75.5 Å². The summed E-state index contributed by atoms with van der Waals surface area (Å²) in [6.07, 6.45) is 2.21. The van der Waals surface area contributed by atoms with Gasteiger partial charge in [-0.05, 0) is 28.7 Å². The number of rotatable bonds is 5. The van der Waals surface area contributed by atoms with Crippen LogP contribution in [0.15, 0.2) is 10.6 Å². The van der Waals surface area contributed by atoms with Crippen LogP contribution < -0.4 is 0 Å². The lowest BCUT2D eigenvalue weighted by Gasteiger charge is -2.35. The van der Waals surface area contributed by atoms with E-state index in [0.717, 1.165) is 6.61 Å². The van der Waals surface area contributed by atoms with Gasteiger partial charge in [0.15, 0.2) is 8.32 Å². The first kappa shape index (κ1) is 17.6. The van der Waals surface area contributed by atoms with E-state index in [1.165, 1.54) is 10.5 Å². The second-order valence-electron chi connectivity index (χ2n) is 7.46. The van der Waals surface area contributed by atoms with Gasteiger partial charge in [0, 0.05) is 8.07 Å². The number of hydrogen-bond donors (Lipinski definition) is 0. The second kappa shape index (κ2) is 6.17. The first-order valence-electron chi connectivity index (χ1n) is 6.34. The van der Waals surface area contributed by atoms with Gasteiger partial charge in [0.25, 0.3) is 0 Å². The van der Waals surface area contributed by atoms with E-state index in [0.29, 0.717) is 5.04 Å². The van der Waals surface area contributed by atoms with Gasteiger partial charge < -0.3 is 4.43 Å². The number of halogens is 1. The molecule has 0 saturated heterocycles. The molecular weight excluding hydrogens is 308 g/mol. The van der Waals surface area contributed by atoms with Gasteiger partial charge in [-0.15, -0.1) is 0 Å². The molecule has 0 aromatic rings. The third kappa shape index (κ3) is 7.60. The number of allylic oxidation sites excluding steroid dienone is 1. The fourth-order valence-electron chi connectivity index (χ4n) is 1.14. The van der Waals surface area contributed by atoms with E-state index in [4.69, 9.17) is 4.43 Å². The average molecular weight is 337 g/mol. The highest BCUT2D eigenvalue weighted by Crippen LogP contribution is 2.36. The Kier molecular flexibility index (Phi) is 6.40. The van der Waals surface area contributed by atoms with Crippen molar-refractivity contribution in [3.63, 3.8) is 0 Å². The highest BCUT2D eigenvalue weighted by molar-refractivity contribution is 9.11. The Morgan fingerprint density at radius 3 is 1.94 bits per heavy atom. The van der Waals surface area contributed by atoms with Crippen molar-refractivity contribution in [1.29, 1.82) is 0 Å². The number of hydrogen-bond acceptors (Lipinski definition) is 1. The maximum atomic E-state index is 6.13. The highest BCUT2D eigenvalue weighted by Gasteiger charge is 2.36. The summed E-state index contributed by atoms with van der Waals surface area (Å²) in [4.78, 5) is 0. The highest BCUT2D eigenvalue weighted by atomic mass is 79.9. The normalized spacial score (nSPS) is 15.2. The van der Waals surface area contributed by atoms with Crippen molar-refractivity contribution < 1.29 is 4.43 Å². The van der Waals surface area contributed by atoms with E-state index < -0.39 is 16.4 Å². The minimum atomic E-state index is -1.58. The third-order valence-corrected chi connectivity index (χ3v) is 10.3. The Bertz CT molecular complexity index is 272. The van der Waals surface area contributed by atoms with Crippen LogP contribution in [-0.4, -0.2) is 23.0 Å². The molecule has 0 fully saturated rings. The molecule has 0 aromatic carbocycles. The predicted molar refractivity (Wildman–Crippen MR) is 88.3 cm³/mol. The van der Waals surface area contributed by atoms with Crippen LogP contribution >= 0.6 is 15.9 Å². The van der Waals surface area contributed by atoms with Crippen molar-refractivity contribution in [3.8, 4) is 0 Å². The van der Waals surface area contributed by atoms with Crippen LogP contribution in [0.25, 0.3) is 0 Å². The van der Waals surface area contributed by atoms with Crippen LogP contribution in [0.4, 0.5) is 0 Å². The van der Waals surface area contributed by atoms with E-state index in [1.807, 2.05) is 0 Å². The van der Waals surface area contributed by atoms with Crippen molar-refractivity contribution in [2.45, 2.75) is 64.6 Å². The molecule has 1 nitrogen and oxygen atoms in total.